The van der Waals surface area contributed by atoms with Crippen LogP contribution in [0.4, 0.5) is 18.9 Å². The molecule has 0 aromatic heterocycles. The number of para-hydroxylation sites is 1. The molecule has 0 saturated heterocycles. The zero-order valence-corrected chi connectivity index (χ0v) is 8.51. The molecule has 1 atom stereocenters. The van der Waals surface area contributed by atoms with Gasteiger partial charge >= 0.3 is 6.18 Å². The third-order valence-electron chi connectivity index (χ3n) is 1.90. The Kier molecular flexibility index (Phi) is 3.54. The molecule has 0 aliphatic heterocycles. The van der Waals surface area contributed by atoms with Crippen molar-refractivity contribution in [2.75, 3.05) is 5.32 Å². The maximum atomic E-state index is 12.5. The molecule has 0 saturated carbocycles. The van der Waals surface area contributed by atoms with Crippen molar-refractivity contribution in [2.24, 2.45) is 5.73 Å². The first-order valence-corrected chi connectivity index (χ1v) is 4.55. The van der Waals surface area contributed by atoms with E-state index >= 15 is 0 Å². The molecule has 3 nitrogen and oxygen atoms in total. The molecule has 6 heteroatoms. The summed E-state index contributed by atoms with van der Waals surface area (Å²) < 4.78 is 37.6. The van der Waals surface area contributed by atoms with E-state index in [-0.39, 0.29) is 5.69 Å². The van der Waals surface area contributed by atoms with Crippen LogP contribution in [0, 0.1) is 0 Å². The van der Waals surface area contributed by atoms with Crippen LogP contribution in [0.25, 0.3) is 0 Å². The zero-order valence-electron chi connectivity index (χ0n) is 8.51. The minimum atomic E-state index is -4.50. The quantitative estimate of drug-likeness (QED) is 0.819. The van der Waals surface area contributed by atoms with Gasteiger partial charge in [0.1, 0.15) is 0 Å². The van der Waals surface area contributed by atoms with E-state index < -0.39 is 23.7 Å². The summed E-state index contributed by atoms with van der Waals surface area (Å²) in [5, 5.41) is 2.13. The molecule has 0 radical (unpaired) electrons. The molecule has 3 N–H and O–H groups in total. The molecule has 0 fully saturated rings. The Morgan fingerprint density at radius 1 is 1.38 bits per heavy atom. The predicted molar refractivity (Wildman–Crippen MR) is 53.7 cm³/mol. The van der Waals surface area contributed by atoms with Gasteiger partial charge in [-0.2, -0.15) is 13.2 Å². The normalized spacial score (nSPS) is 13.3. The number of halogens is 3. The van der Waals surface area contributed by atoms with Gasteiger partial charge in [-0.05, 0) is 19.1 Å². The maximum Gasteiger partial charge on any atom is 0.418 e. The maximum absolute atomic E-state index is 12.5. The van der Waals surface area contributed by atoms with Gasteiger partial charge in [-0.3, -0.25) is 4.79 Å². The molecule has 0 aliphatic rings. The Hall–Kier alpha value is -1.56. The molecule has 1 rings (SSSR count). The van der Waals surface area contributed by atoms with Crippen molar-refractivity contribution in [2.45, 2.75) is 19.1 Å². The standard InChI is InChI=1S/C10H11F3N2O/c1-6(14)9(16)15-8-5-3-2-4-7(8)10(11,12)13/h2-6H,14H2,1H3,(H,15,16)/t6-/m0/s1. The Morgan fingerprint density at radius 2 is 1.94 bits per heavy atom. The second-order valence-corrected chi connectivity index (χ2v) is 3.32. The Morgan fingerprint density at radius 3 is 2.44 bits per heavy atom. The number of hydrogen-bond donors (Lipinski definition) is 2. The average molecular weight is 232 g/mol. The van der Waals surface area contributed by atoms with E-state index in [4.69, 9.17) is 5.73 Å². The van der Waals surface area contributed by atoms with Crippen LogP contribution in [-0.2, 0) is 11.0 Å². The van der Waals surface area contributed by atoms with Gasteiger partial charge in [-0.1, -0.05) is 12.1 Å². The summed E-state index contributed by atoms with van der Waals surface area (Å²) in [4.78, 5) is 11.2. The number of nitrogens with two attached hydrogens (primary N) is 1. The van der Waals surface area contributed by atoms with E-state index in [1.807, 2.05) is 0 Å². The fourth-order valence-electron chi connectivity index (χ4n) is 1.09. The SMILES string of the molecule is C[C@H](N)C(=O)Nc1ccccc1C(F)(F)F. The van der Waals surface area contributed by atoms with Crippen LogP contribution in [0.3, 0.4) is 0 Å². The topological polar surface area (TPSA) is 55.1 Å². The van der Waals surface area contributed by atoms with Crippen LogP contribution >= 0.6 is 0 Å². The van der Waals surface area contributed by atoms with E-state index in [0.717, 1.165) is 6.07 Å². The van der Waals surface area contributed by atoms with Crippen molar-refractivity contribution in [3.8, 4) is 0 Å². The highest BCUT2D eigenvalue weighted by atomic mass is 19.4. The van der Waals surface area contributed by atoms with E-state index in [1.54, 1.807) is 0 Å². The monoisotopic (exact) mass is 232 g/mol. The minimum Gasteiger partial charge on any atom is -0.324 e. The number of hydrogen-bond acceptors (Lipinski definition) is 2. The molecule has 0 heterocycles. The van der Waals surface area contributed by atoms with Crippen molar-refractivity contribution in [3.63, 3.8) is 0 Å². The summed E-state index contributed by atoms with van der Waals surface area (Å²) in [7, 11) is 0. The third-order valence-corrected chi connectivity index (χ3v) is 1.90. The highest BCUT2D eigenvalue weighted by molar-refractivity contribution is 5.95. The van der Waals surface area contributed by atoms with Gasteiger partial charge in [-0.15, -0.1) is 0 Å². The lowest BCUT2D eigenvalue weighted by molar-refractivity contribution is -0.137. The van der Waals surface area contributed by atoms with Crippen LogP contribution < -0.4 is 11.1 Å². The van der Waals surface area contributed by atoms with E-state index in [0.29, 0.717) is 0 Å². The summed E-state index contributed by atoms with van der Waals surface area (Å²) in [5.41, 5.74) is 4.08. The van der Waals surface area contributed by atoms with Gasteiger partial charge in [0.25, 0.3) is 0 Å². The van der Waals surface area contributed by atoms with Crippen LogP contribution in [0.15, 0.2) is 24.3 Å². The van der Waals surface area contributed by atoms with Gasteiger partial charge in [-0.25, -0.2) is 0 Å². The van der Waals surface area contributed by atoms with Crippen LogP contribution in [-0.4, -0.2) is 11.9 Å². The van der Waals surface area contributed by atoms with Crippen molar-refractivity contribution in [1.29, 1.82) is 0 Å². The third kappa shape index (κ3) is 2.96. The van der Waals surface area contributed by atoms with Gasteiger partial charge in [0.05, 0.1) is 17.3 Å². The van der Waals surface area contributed by atoms with Crippen molar-refractivity contribution in [3.05, 3.63) is 29.8 Å². The smallest absolute Gasteiger partial charge is 0.324 e. The molecule has 0 unspecified atom stereocenters. The number of alkyl halides is 3. The van der Waals surface area contributed by atoms with E-state index in [9.17, 15) is 18.0 Å². The summed E-state index contributed by atoms with van der Waals surface area (Å²) >= 11 is 0. The van der Waals surface area contributed by atoms with E-state index in [1.165, 1.54) is 25.1 Å². The average Bonchev–Trinajstić information content (AvgIpc) is 2.16. The van der Waals surface area contributed by atoms with Gasteiger partial charge < -0.3 is 11.1 Å². The second-order valence-electron chi connectivity index (χ2n) is 3.32. The van der Waals surface area contributed by atoms with Crippen LogP contribution in [0.1, 0.15) is 12.5 Å². The van der Waals surface area contributed by atoms with Crippen molar-refractivity contribution in [1.82, 2.24) is 0 Å². The molecule has 1 amide bonds. The molecule has 1 aromatic carbocycles. The highest BCUT2D eigenvalue weighted by Gasteiger charge is 2.33. The molecule has 1 aromatic rings. The molecule has 16 heavy (non-hydrogen) atoms. The summed E-state index contributed by atoms with van der Waals surface area (Å²) in [6.45, 7) is 1.39. The van der Waals surface area contributed by atoms with Gasteiger partial charge in [0.2, 0.25) is 5.91 Å². The van der Waals surface area contributed by atoms with Crippen LogP contribution in [0.5, 0.6) is 0 Å². The fourth-order valence-corrected chi connectivity index (χ4v) is 1.09. The molecule has 0 aliphatic carbocycles. The van der Waals surface area contributed by atoms with Gasteiger partial charge in [0, 0.05) is 0 Å². The molecule has 0 bridgehead atoms. The van der Waals surface area contributed by atoms with E-state index in [2.05, 4.69) is 5.32 Å². The lowest BCUT2D eigenvalue weighted by atomic mass is 10.1. The number of amides is 1. The highest BCUT2D eigenvalue weighted by Crippen LogP contribution is 2.34. The van der Waals surface area contributed by atoms with Crippen molar-refractivity contribution >= 4 is 11.6 Å². The molecular formula is C10H11F3N2O. The molecule has 88 valence electrons. The Balaban J connectivity index is 3.01. The van der Waals surface area contributed by atoms with Crippen molar-refractivity contribution < 1.29 is 18.0 Å². The number of anilines is 1. The first-order valence-electron chi connectivity index (χ1n) is 4.55. The first-order chi connectivity index (χ1) is 7.32. The summed E-state index contributed by atoms with van der Waals surface area (Å²) in [6, 6.07) is 3.89. The lowest BCUT2D eigenvalue weighted by Gasteiger charge is -2.14. The number of benzene rings is 1. The number of rotatable bonds is 2. The van der Waals surface area contributed by atoms with Gasteiger partial charge in [0.15, 0.2) is 0 Å². The second kappa shape index (κ2) is 4.52. The Bertz CT molecular complexity index is 388. The predicted octanol–water partition coefficient (Wildman–Crippen LogP) is 1.99. The van der Waals surface area contributed by atoms with Crippen LogP contribution in [0.2, 0.25) is 0 Å². The Labute approximate surface area is 90.4 Å². The largest absolute Gasteiger partial charge is 0.418 e. The molecular weight excluding hydrogens is 221 g/mol. The summed E-state index contributed by atoms with van der Waals surface area (Å²) in [5.74, 6) is -0.656. The molecule has 0 spiro atoms. The minimum absolute atomic E-state index is 0.280. The number of nitrogens with one attached hydrogen (secondary N) is 1. The summed E-state index contributed by atoms with van der Waals surface area (Å²) in [6.07, 6.45) is -4.50. The zero-order chi connectivity index (χ0) is 12.3. The fraction of sp³-hybridized carbons (Fsp3) is 0.300. The number of carbonyl (C=O) groups is 1. The first kappa shape index (κ1) is 12.5. The lowest BCUT2D eigenvalue weighted by Crippen LogP contribution is -2.33. The number of carbonyl (C=O) groups excluding carboxylic acids is 1.